The van der Waals surface area contributed by atoms with E-state index >= 15 is 0 Å². The Morgan fingerprint density at radius 1 is 1.50 bits per heavy atom. The summed E-state index contributed by atoms with van der Waals surface area (Å²) in [5.41, 5.74) is 5.13. The van der Waals surface area contributed by atoms with Gasteiger partial charge >= 0.3 is 0 Å². The predicted molar refractivity (Wildman–Crippen MR) is 53.2 cm³/mol. The summed E-state index contributed by atoms with van der Waals surface area (Å²) in [6, 6.07) is 0. The monoisotopic (exact) mass is 174 g/mol. The van der Waals surface area contributed by atoms with Crippen LogP contribution in [0.3, 0.4) is 0 Å². The quantitative estimate of drug-likeness (QED) is 0.652. The van der Waals surface area contributed by atoms with Crippen LogP contribution in [0, 0.1) is 0 Å². The lowest BCUT2D eigenvalue weighted by Crippen LogP contribution is -2.02. The van der Waals surface area contributed by atoms with E-state index in [1.165, 1.54) is 12.3 Å². The molecule has 0 aliphatic rings. The van der Waals surface area contributed by atoms with Gasteiger partial charge in [0.25, 0.3) is 0 Å². The fraction of sp³-hybridized carbons (Fsp3) is 0.667. The van der Waals surface area contributed by atoms with E-state index in [0.717, 1.165) is 0 Å². The van der Waals surface area contributed by atoms with E-state index in [1.54, 1.807) is 0 Å². The van der Waals surface area contributed by atoms with Crippen molar-refractivity contribution in [2.75, 3.05) is 13.1 Å². The van der Waals surface area contributed by atoms with Crippen LogP contribution in [0.15, 0.2) is 16.9 Å². The Labute approximate surface area is 74.4 Å². The van der Waals surface area contributed by atoms with E-state index in [9.17, 15) is 4.39 Å². The van der Waals surface area contributed by atoms with Gasteiger partial charge in [0.1, 0.15) is 5.83 Å². The molecule has 0 atom stereocenters. The van der Waals surface area contributed by atoms with Crippen molar-refractivity contribution in [3.8, 4) is 0 Å². The van der Waals surface area contributed by atoms with Crippen LogP contribution in [-0.4, -0.2) is 19.3 Å². The summed E-state index contributed by atoms with van der Waals surface area (Å²) in [6.45, 7) is 6.83. The van der Waals surface area contributed by atoms with Crippen molar-refractivity contribution in [1.29, 1.82) is 0 Å². The van der Waals surface area contributed by atoms with Crippen LogP contribution >= 0.6 is 0 Å². The van der Waals surface area contributed by atoms with Crippen LogP contribution in [0.5, 0.6) is 0 Å². The molecule has 72 valence electrons. The molecular weight excluding hydrogens is 155 g/mol. The van der Waals surface area contributed by atoms with E-state index in [0.29, 0.717) is 19.5 Å². The number of hydrogen-bond acceptors (Lipinski definition) is 2. The highest BCUT2D eigenvalue weighted by Crippen LogP contribution is 1.93. The minimum atomic E-state index is -0.282. The van der Waals surface area contributed by atoms with Gasteiger partial charge < -0.3 is 5.73 Å². The molecule has 0 bridgehead atoms. The molecule has 3 heteroatoms. The van der Waals surface area contributed by atoms with Gasteiger partial charge in [-0.15, -0.1) is 0 Å². The maximum absolute atomic E-state index is 12.4. The Kier molecular flexibility index (Phi) is 14.9. The third-order valence-electron chi connectivity index (χ3n) is 0.872. The lowest BCUT2D eigenvalue weighted by atomic mass is 10.4. The van der Waals surface area contributed by atoms with Crippen molar-refractivity contribution in [2.24, 2.45) is 10.7 Å². The molecule has 0 aliphatic carbocycles. The van der Waals surface area contributed by atoms with Crippen molar-refractivity contribution < 1.29 is 4.39 Å². The Balaban J connectivity index is 0. The summed E-state index contributed by atoms with van der Waals surface area (Å²) >= 11 is 0. The zero-order chi connectivity index (χ0) is 9.82. The van der Waals surface area contributed by atoms with Crippen LogP contribution < -0.4 is 5.73 Å². The third-order valence-corrected chi connectivity index (χ3v) is 0.872. The third kappa shape index (κ3) is 12.0. The molecule has 0 heterocycles. The topological polar surface area (TPSA) is 38.4 Å². The number of rotatable bonds is 4. The molecule has 2 N–H and O–H groups in total. The molecule has 0 aromatic carbocycles. The molecule has 0 aliphatic heterocycles. The summed E-state index contributed by atoms with van der Waals surface area (Å²) in [5, 5.41) is 0. The number of aliphatic imine (C=N–C) groups is 1. The fourth-order valence-corrected chi connectivity index (χ4v) is 0.474. The zero-order valence-corrected chi connectivity index (χ0v) is 8.18. The number of nitrogens with two attached hydrogens (primary N) is 1. The van der Waals surface area contributed by atoms with Crippen molar-refractivity contribution >= 4 is 6.21 Å². The summed E-state index contributed by atoms with van der Waals surface area (Å²) in [5.74, 6) is -0.282. The normalized spacial score (nSPS) is 11.2. The van der Waals surface area contributed by atoms with Gasteiger partial charge in [0, 0.05) is 6.54 Å². The lowest BCUT2D eigenvalue weighted by Gasteiger charge is -1.85. The second-order valence-corrected chi connectivity index (χ2v) is 1.82. The standard InChI is InChI=1S/C7H13FN2.C2H6/c1-2-3-7(8)6-10-5-4-9;1-2/h3,6H,2,4-5,9H2,1H3;1-2H3/b7-3+,10-6?;. The van der Waals surface area contributed by atoms with Gasteiger partial charge in [0.15, 0.2) is 0 Å². The molecule has 2 nitrogen and oxygen atoms in total. The Morgan fingerprint density at radius 2 is 2.08 bits per heavy atom. The van der Waals surface area contributed by atoms with Crippen LogP contribution in [0.4, 0.5) is 4.39 Å². The van der Waals surface area contributed by atoms with Crippen LogP contribution in [0.2, 0.25) is 0 Å². The second-order valence-electron chi connectivity index (χ2n) is 1.82. The molecule has 0 rings (SSSR count). The van der Waals surface area contributed by atoms with E-state index in [2.05, 4.69) is 4.99 Å². The Hall–Kier alpha value is -0.700. The average molecular weight is 174 g/mol. The highest BCUT2D eigenvalue weighted by Gasteiger charge is 1.83. The first-order chi connectivity index (χ1) is 5.81. The zero-order valence-electron chi connectivity index (χ0n) is 8.18. The van der Waals surface area contributed by atoms with E-state index in [-0.39, 0.29) is 5.83 Å². The number of halogens is 1. The smallest absolute Gasteiger partial charge is 0.136 e. The first kappa shape index (κ1) is 13.9. The molecule has 0 amide bonds. The van der Waals surface area contributed by atoms with Crippen molar-refractivity contribution in [1.82, 2.24) is 0 Å². The minimum Gasteiger partial charge on any atom is -0.329 e. The summed E-state index contributed by atoms with van der Waals surface area (Å²) in [4.78, 5) is 3.72. The summed E-state index contributed by atoms with van der Waals surface area (Å²) in [7, 11) is 0. The van der Waals surface area contributed by atoms with Crippen LogP contribution in [0.25, 0.3) is 0 Å². The molecule has 0 radical (unpaired) electrons. The second kappa shape index (κ2) is 12.9. The van der Waals surface area contributed by atoms with Crippen molar-refractivity contribution in [3.05, 3.63) is 11.9 Å². The molecular formula is C9H19FN2. The summed E-state index contributed by atoms with van der Waals surface area (Å²) in [6.07, 6.45) is 3.37. The predicted octanol–water partition coefficient (Wildman–Crippen LogP) is 2.31. The highest BCUT2D eigenvalue weighted by molar-refractivity contribution is 5.75. The van der Waals surface area contributed by atoms with Gasteiger partial charge in [-0.2, -0.15) is 0 Å². The van der Waals surface area contributed by atoms with Crippen molar-refractivity contribution in [3.63, 3.8) is 0 Å². The minimum absolute atomic E-state index is 0.282. The van der Waals surface area contributed by atoms with Gasteiger partial charge in [-0.3, -0.25) is 4.99 Å². The number of hydrogen-bond donors (Lipinski definition) is 1. The van der Waals surface area contributed by atoms with Crippen LogP contribution in [-0.2, 0) is 0 Å². The first-order valence-corrected chi connectivity index (χ1v) is 4.36. The van der Waals surface area contributed by atoms with Gasteiger partial charge in [-0.1, -0.05) is 20.8 Å². The average Bonchev–Trinajstić information content (AvgIpc) is 2.09. The molecule has 0 saturated heterocycles. The lowest BCUT2D eigenvalue weighted by molar-refractivity contribution is 0.679. The van der Waals surface area contributed by atoms with Gasteiger partial charge in [0.05, 0.1) is 12.8 Å². The van der Waals surface area contributed by atoms with Crippen molar-refractivity contribution in [2.45, 2.75) is 27.2 Å². The molecule has 0 aromatic rings. The van der Waals surface area contributed by atoms with Crippen LogP contribution in [0.1, 0.15) is 27.2 Å². The molecule has 0 saturated carbocycles. The van der Waals surface area contributed by atoms with E-state index in [1.807, 2.05) is 20.8 Å². The molecule has 0 fully saturated rings. The van der Waals surface area contributed by atoms with E-state index < -0.39 is 0 Å². The Bertz CT molecular complexity index is 130. The SMILES string of the molecule is CC.CC/C=C(/F)C=NCCN. The molecule has 12 heavy (non-hydrogen) atoms. The van der Waals surface area contributed by atoms with E-state index in [4.69, 9.17) is 5.73 Å². The number of nitrogens with zero attached hydrogens (tertiary/aromatic N) is 1. The van der Waals surface area contributed by atoms with Gasteiger partial charge in [-0.05, 0) is 12.5 Å². The fourth-order valence-electron chi connectivity index (χ4n) is 0.474. The molecule has 0 spiro atoms. The number of allylic oxidation sites excluding steroid dienone is 2. The maximum Gasteiger partial charge on any atom is 0.136 e. The largest absolute Gasteiger partial charge is 0.329 e. The maximum atomic E-state index is 12.4. The Morgan fingerprint density at radius 3 is 2.50 bits per heavy atom. The van der Waals surface area contributed by atoms with Gasteiger partial charge in [-0.25, -0.2) is 4.39 Å². The van der Waals surface area contributed by atoms with Gasteiger partial charge in [0.2, 0.25) is 0 Å². The summed E-state index contributed by atoms with van der Waals surface area (Å²) < 4.78 is 12.4. The first-order valence-electron chi connectivity index (χ1n) is 4.36. The molecule has 0 aromatic heterocycles. The highest BCUT2D eigenvalue weighted by atomic mass is 19.1. The molecule has 0 unspecified atom stereocenters.